The second-order valence-corrected chi connectivity index (χ2v) is 5.97. The van der Waals surface area contributed by atoms with E-state index >= 15 is 0 Å². The molecule has 1 N–H and O–H groups in total. The summed E-state index contributed by atoms with van der Waals surface area (Å²) < 4.78 is 10.1. The molecular weight excluding hydrogens is 376 g/mol. The van der Waals surface area contributed by atoms with Crippen LogP contribution < -0.4 is 15.0 Å². The van der Waals surface area contributed by atoms with Crippen LogP contribution in [0.4, 0.5) is 10.5 Å². The minimum Gasteiger partial charge on any atom is -0.496 e. The fraction of sp³-hybridized carbons (Fsp3) is 0.143. The Bertz CT molecular complexity index is 1010. The van der Waals surface area contributed by atoms with E-state index in [1.807, 2.05) is 0 Å². The van der Waals surface area contributed by atoms with Gasteiger partial charge in [-0.25, -0.2) is 14.5 Å². The molecule has 2 aromatic rings. The third-order valence-electron chi connectivity index (χ3n) is 4.18. The average Bonchev–Trinajstić information content (AvgIpc) is 2.72. The molecule has 1 heterocycles. The van der Waals surface area contributed by atoms with Crippen LogP contribution in [-0.4, -0.2) is 37.5 Å². The first kappa shape index (κ1) is 19.8. The number of hydrogen-bond donors (Lipinski definition) is 1. The Morgan fingerprint density at radius 2 is 1.76 bits per heavy atom. The third-order valence-corrected chi connectivity index (χ3v) is 4.18. The number of nitrogens with zero attached hydrogens (tertiary/aromatic N) is 1. The lowest BCUT2D eigenvalue weighted by molar-refractivity contribution is -0.122. The fourth-order valence-electron chi connectivity index (χ4n) is 2.79. The Balaban J connectivity index is 1.95. The largest absolute Gasteiger partial charge is 0.496 e. The number of carbonyl (C=O) groups excluding carboxylic acids is 4. The van der Waals surface area contributed by atoms with E-state index in [9.17, 15) is 19.2 Å². The highest BCUT2D eigenvalue weighted by atomic mass is 16.5. The molecule has 1 saturated heterocycles. The Kier molecular flexibility index (Phi) is 5.73. The number of barbiturate groups is 1. The first-order valence-corrected chi connectivity index (χ1v) is 8.78. The molecule has 0 unspecified atom stereocenters. The normalized spacial score (nSPS) is 15.3. The van der Waals surface area contributed by atoms with E-state index < -0.39 is 23.8 Å². The topological polar surface area (TPSA) is 102 Å². The van der Waals surface area contributed by atoms with Gasteiger partial charge in [0.15, 0.2) is 0 Å². The highest BCUT2D eigenvalue weighted by molar-refractivity contribution is 6.39. The number of amides is 4. The van der Waals surface area contributed by atoms with Crippen molar-refractivity contribution < 1.29 is 28.7 Å². The maximum absolute atomic E-state index is 12.9. The first-order valence-electron chi connectivity index (χ1n) is 8.78. The van der Waals surface area contributed by atoms with Crippen LogP contribution in [0.2, 0.25) is 0 Å². The van der Waals surface area contributed by atoms with Gasteiger partial charge in [0, 0.05) is 5.56 Å². The average molecular weight is 394 g/mol. The van der Waals surface area contributed by atoms with Gasteiger partial charge in [-0.15, -0.1) is 0 Å². The summed E-state index contributed by atoms with van der Waals surface area (Å²) in [6, 6.07) is 11.7. The Hall–Kier alpha value is -3.94. The number of methoxy groups -OCH3 is 1. The van der Waals surface area contributed by atoms with Gasteiger partial charge in [-0.05, 0) is 43.3 Å². The Morgan fingerprint density at radius 3 is 2.41 bits per heavy atom. The molecule has 0 saturated carbocycles. The third kappa shape index (κ3) is 4.01. The van der Waals surface area contributed by atoms with Gasteiger partial charge in [-0.3, -0.25) is 14.9 Å². The standard InChI is InChI=1S/C21H18N2O6/c1-3-29-20(26)13-8-10-15(11-9-13)23-19(25)16(18(24)22-21(23)27)12-14-6-4-5-7-17(14)28-2/h4-12H,3H2,1-2H3,(H,22,24,27)/b16-12+. The molecule has 0 aromatic heterocycles. The van der Waals surface area contributed by atoms with E-state index in [1.54, 1.807) is 31.2 Å². The van der Waals surface area contributed by atoms with Crippen molar-refractivity contribution in [1.29, 1.82) is 0 Å². The summed E-state index contributed by atoms with van der Waals surface area (Å²) in [7, 11) is 1.47. The summed E-state index contributed by atoms with van der Waals surface area (Å²) >= 11 is 0. The maximum Gasteiger partial charge on any atom is 0.338 e. The molecule has 8 nitrogen and oxygen atoms in total. The van der Waals surface area contributed by atoms with Crippen molar-refractivity contribution >= 4 is 35.6 Å². The second-order valence-electron chi connectivity index (χ2n) is 5.97. The van der Waals surface area contributed by atoms with Crippen LogP contribution in [-0.2, 0) is 14.3 Å². The van der Waals surface area contributed by atoms with Crippen molar-refractivity contribution in [3.8, 4) is 5.75 Å². The lowest BCUT2D eigenvalue weighted by Crippen LogP contribution is -2.54. The smallest absolute Gasteiger partial charge is 0.338 e. The Morgan fingerprint density at radius 1 is 1.07 bits per heavy atom. The van der Waals surface area contributed by atoms with Gasteiger partial charge in [-0.2, -0.15) is 0 Å². The van der Waals surface area contributed by atoms with Crippen molar-refractivity contribution in [1.82, 2.24) is 5.32 Å². The van der Waals surface area contributed by atoms with Crippen molar-refractivity contribution in [2.45, 2.75) is 6.92 Å². The molecule has 0 radical (unpaired) electrons. The van der Waals surface area contributed by atoms with Crippen molar-refractivity contribution in [2.24, 2.45) is 0 Å². The molecule has 1 aliphatic heterocycles. The SMILES string of the molecule is CCOC(=O)c1ccc(N2C(=O)NC(=O)/C(=C\c3ccccc3OC)C2=O)cc1. The highest BCUT2D eigenvalue weighted by Crippen LogP contribution is 2.25. The second kappa shape index (κ2) is 8.39. The van der Waals surface area contributed by atoms with Gasteiger partial charge in [0.1, 0.15) is 11.3 Å². The molecule has 148 valence electrons. The molecule has 0 spiro atoms. The van der Waals surface area contributed by atoms with E-state index in [2.05, 4.69) is 5.32 Å². The van der Waals surface area contributed by atoms with Gasteiger partial charge in [-0.1, -0.05) is 18.2 Å². The molecule has 0 atom stereocenters. The molecule has 4 amide bonds. The number of ether oxygens (including phenoxy) is 2. The van der Waals surface area contributed by atoms with E-state index in [0.29, 0.717) is 11.3 Å². The number of imide groups is 2. The summed E-state index contributed by atoms with van der Waals surface area (Å²) in [6.45, 7) is 1.92. The number of anilines is 1. The number of esters is 1. The molecule has 1 fully saturated rings. The lowest BCUT2D eigenvalue weighted by atomic mass is 10.1. The maximum atomic E-state index is 12.9. The molecule has 0 aliphatic carbocycles. The molecule has 3 rings (SSSR count). The number of urea groups is 1. The van der Waals surface area contributed by atoms with E-state index in [-0.39, 0.29) is 23.4 Å². The van der Waals surface area contributed by atoms with Crippen LogP contribution in [0.15, 0.2) is 54.1 Å². The minimum atomic E-state index is -0.874. The molecule has 0 bridgehead atoms. The first-order chi connectivity index (χ1) is 14.0. The molecule has 8 heteroatoms. The molecule has 1 aliphatic rings. The van der Waals surface area contributed by atoms with E-state index in [0.717, 1.165) is 4.90 Å². The molecular formula is C21H18N2O6. The minimum absolute atomic E-state index is 0.207. The predicted molar refractivity (Wildman–Crippen MR) is 104 cm³/mol. The predicted octanol–water partition coefficient (Wildman–Crippen LogP) is 2.54. The van der Waals surface area contributed by atoms with Gasteiger partial charge in [0.25, 0.3) is 11.8 Å². The van der Waals surface area contributed by atoms with Crippen molar-refractivity contribution in [3.05, 3.63) is 65.2 Å². The lowest BCUT2D eigenvalue weighted by Gasteiger charge is -2.26. The Labute approximate surface area is 166 Å². The van der Waals surface area contributed by atoms with Crippen LogP contribution in [0.1, 0.15) is 22.8 Å². The zero-order valence-electron chi connectivity index (χ0n) is 15.8. The van der Waals surface area contributed by atoms with Gasteiger partial charge >= 0.3 is 12.0 Å². The zero-order valence-corrected chi connectivity index (χ0v) is 15.8. The number of rotatable bonds is 5. The summed E-state index contributed by atoms with van der Waals surface area (Å²) in [5.41, 5.74) is 0.782. The summed E-state index contributed by atoms with van der Waals surface area (Å²) in [6.07, 6.45) is 1.36. The highest BCUT2D eigenvalue weighted by Gasteiger charge is 2.37. The van der Waals surface area contributed by atoms with Crippen molar-refractivity contribution in [3.63, 3.8) is 0 Å². The van der Waals surface area contributed by atoms with Gasteiger partial charge in [0.05, 0.1) is 25.0 Å². The molecule has 29 heavy (non-hydrogen) atoms. The van der Waals surface area contributed by atoms with Crippen LogP contribution in [0.5, 0.6) is 5.75 Å². The van der Waals surface area contributed by atoms with E-state index in [4.69, 9.17) is 9.47 Å². The van der Waals surface area contributed by atoms with E-state index in [1.165, 1.54) is 37.5 Å². The molecule has 2 aromatic carbocycles. The summed E-state index contributed by atoms with van der Waals surface area (Å²) in [4.78, 5) is 50.1. The van der Waals surface area contributed by atoms with Gasteiger partial charge < -0.3 is 9.47 Å². The quantitative estimate of drug-likeness (QED) is 0.475. The number of para-hydroxylation sites is 1. The summed E-state index contributed by atoms with van der Waals surface area (Å²) in [5, 5.41) is 2.15. The summed E-state index contributed by atoms with van der Waals surface area (Å²) in [5.74, 6) is -1.62. The van der Waals surface area contributed by atoms with Crippen LogP contribution in [0.3, 0.4) is 0 Å². The zero-order chi connectivity index (χ0) is 21.0. The van der Waals surface area contributed by atoms with Crippen molar-refractivity contribution in [2.75, 3.05) is 18.6 Å². The number of hydrogen-bond acceptors (Lipinski definition) is 6. The fourth-order valence-corrected chi connectivity index (χ4v) is 2.79. The monoisotopic (exact) mass is 394 g/mol. The number of carbonyl (C=O) groups is 4. The van der Waals surface area contributed by atoms with Crippen LogP contribution in [0.25, 0.3) is 6.08 Å². The number of nitrogens with one attached hydrogen (secondary N) is 1. The van der Waals surface area contributed by atoms with Gasteiger partial charge in [0.2, 0.25) is 0 Å². The van der Waals surface area contributed by atoms with Crippen LogP contribution in [0, 0.1) is 0 Å². The van der Waals surface area contributed by atoms with Crippen LogP contribution >= 0.6 is 0 Å². The number of benzene rings is 2.